The molecule has 0 aliphatic carbocycles. The Hall–Kier alpha value is -1.62. The van der Waals surface area contributed by atoms with E-state index < -0.39 is 0 Å². The van der Waals surface area contributed by atoms with Gasteiger partial charge in [-0.1, -0.05) is 23.3 Å². The molecule has 0 amide bonds. The van der Waals surface area contributed by atoms with E-state index in [4.69, 9.17) is 20.8 Å². The molecule has 0 aliphatic heterocycles. The van der Waals surface area contributed by atoms with Crippen LogP contribution in [0.4, 0.5) is 4.39 Å². The Morgan fingerprint density at radius 1 is 1.31 bits per heavy atom. The Kier molecular flexibility index (Phi) is 3.36. The summed E-state index contributed by atoms with van der Waals surface area (Å²) in [6.07, 6.45) is -0.0149. The molecule has 4 nitrogen and oxygen atoms in total. The van der Waals surface area contributed by atoms with Crippen molar-refractivity contribution >= 4 is 11.6 Å². The standard InChI is InChI=1S/C10H8ClFN2O2/c11-5-9-13-14-10(16-9)15-6-7-3-1-2-4-8(7)12/h1-4H,5-6H2. The Morgan fingerprint density at radius 2 is 2.12 bits per heavy atom. The van der Waals surface area contributed by atoms with E-state index in [0.717, 1.165) is 0 Å². The molecule has 0 saturated carbocycles. The lowest BCUT2D eigenvalue weighted by molar-refractivity contribution is 0.213. The summed E-state index contributed by atoms with van der Waals surface area (Å²) in [6.45, 7) is 0.0383. The highest BCUT2D eigenvalue weighted by atomic mass is 35.5. The minimum Gasteiger partial charge on any atom is -0.444 e. The molecule has 0 aliphatic rings. The molecule has 6 heteroatoms. The van der Waals surface area contributed by atoms with E-state index in [1.54, 1.807) is 18.2 Å². The zero-order valence-corrected chi connectivity index (χ0v) is 8.95. The highest BCUT2D eigenvalue weighted by Gasteiger charge is 2.07. The van der Waals surface area contributed by atoms with Gasteiger partial charge in [-0.15, -0.1) is 16.7 Å². The highest BCUT2D eigenvalue weighted by Crippen LogP contribution is 2.13. The molecule has 16 heavy (non-hydrogen) atoms. The SMILES string of the molecule is Fc1ccccc1COc1nnc(CCl)o1. The van der Waals surface area contributed by atoms with Crippen LogP contribution in [0.15, 0.2) is 28.7 Å². The Labute approximate surface area is 96.0 Å². The third-order valence-electron chi connectivity index (χ3n) is 1.87. The molecule has 0 saturated heterocycles. The Balaban J connectivity index is 1.99. The summed E-state index contributed by atoms with van der Waals surface area (Å²) in [5.74, 6) is 0.0561. The van der Waals surface area contributed by atoms with Gasteiger partial charge in [0.15, 0.2) is 0 Å². The number of alkyl halides is 1. The second kappa shape index (κ2) is 4.94. The number of hydrogen-bond donors (Lipinski definition) is 0. The first kappa shape index (κ1) is 10.9. The summed E-state index contributed by atoms with van der Waals surface area (Å²) in [5.41, 5.74) is 0.424. The van der Waals surface area contributed by atoms with Crippen LogP contribution in [0.5, 0.6) is 6.08 Å². The monoisotopic (exact) mass is 242 g/mol. The van der Waals surface area contributed by atoms with Crippen molar-refractivity contribution in [3.8, 4) is 6.08 Å². The van der Waals surface area contributed by atoms with E-state index in [1.165, 1.54) is 6.07 Å². The van der Waals surface area contributed by atoms with Gasteiger partial charge in [-0.25, -0.2) is 4.39 Å². The Morgan fingerprint density at radius 3 is 2.81 bits per heavy atom. The van der Waals surface area contributed by atoms with Crippen molar-refractivity contribution in [2.24, 2.45) is 0 Å². The minimum absolute atomic E-state index is 0.0149. The van der Waals surface area contributed by atoms with Gasteiger partial charge in [-0.3, -0.25) is 0 Å². The lowest BCUT2D eigenvalue weighted by Gasteiger charge is -2.01. The molecule has 0 fully saturated rings. The lowest BCUT2D eigenvalue weighted by Crippen LogP contribution is -1.98. The molecule has 2 rings (SSSR count). The predicted octanol–water partition coefficient (Wildman–Crippen LogP) is 2.53. The van der Waals surface area contributed by atoms with Crippen LogP contribution in [0.1, 0.15) is 11.5 Å². The summed E-state index contributed by atoms with van der Waals surface area (Å²) < 4.78 is 23.3. The molecule has 0 atom stereocenters. The molecule has 1 aromatic heterocycles. The molecule has 0 bridgehead atoms. The average Bonchev–Trinajstić information content (AvgIpc) is 2.76. The van der Waals surface area contributed by atoms with Crippen LogP contribution in [-0.2, 0) is 12.5 Å². The van der Waals surface area contributed by atoms with Crippen molar-refractivity contribution in [2.75, 3.05) is 0 Å². The minimum atomic E-state index is -0.334. The molecule has 1 heterocycles. The topological polar surface area (TPSA) is 48.2 Å². The predicted molar refractivity (Wildman–Crippen MR) is 54.6 cm³/mol. The lowest BCUT2D eigenvalue weighted by atomic mass is 10.2. The Bertz CT molecular complexity index is 475. The van der Waals surface area contributed by atoms with E-state index in [-0.39, 0.29) is 30.3 Å². The third kappa shape index (κ3) is 2.49. The molecule has 0 radical (unpaired) electrons. The van der Waals surface area contributed by atoms with Crippen LogP contribution < -0.4 is 4.74 Å². The summed E-state index contributed by atoms with van der Waals surface area (Å²) in [6, 6.07) is 6.31. The van der Waals surface area contributed by atoms with Crippen LogP contribution in [0.2, 0.25) is 0 Å². The summed E-state index contributed by atoms with van der Waals surface area (Å²) in [4.78, 5) is 0. The van der Waals surface area contributed by atoms with E-state index in [9.17, 15) is 4.39 Å². The van der Waals surface area contributed by atoms with Crippen molar-refractivity contribution < 1.29 is 13.5 Å². The van der Waals surface area contributed by atoms with E-state index in [0.29, 0.717) is 5.56 Å². The molecule has 84 valence electrons. The van der Waals surface area contributed by atoms with Gasteiger partial charge in [0.2, 0.25) is 5.89 Å². The quantitative estimate of drug-likeness (QED) is 0.773. The third-order valence-corrected chi connectivity index (χ3v) is 2.10. The normalized spacial score (nSPS) is 10.4. The van der Waals surface area contributed by atoms with Crippen molar-refractivity contribution in [3.63, 3.8) is 0 Å². The molecule has 0 unspecified atom stereocenters. The average molecular weight is 243 g/mol. The van der Waals surface area contributed by atoms with E-state index in [2.05, 4.69) is 10.2 Å². The first-order chi connectivity index (χ1) is 7.79. The fourth-order valence-electron chi connectivity index (χ4n) is 1.11. The summed E-state index contributed by atoms with van der Waals surface area (Å²) in [7, 11) is 0. The van der Waals surface area contributed by atoms with Gasteiger partial charge in [-0.05, 0) is 6.07 Å². The maximum absolute atomic E-state index is 13.2. The van der Waals surface area contributed by atoms with Crippen LogP contribution in [0.3, 0.4) is 0 Å². The smallest absolute Gasteiger partial charge is 0.415 e. The van der Waals surface area contributed by atoms with Gasteiger partial charge in [0.25, 0.3) is 0 Å². The molecule has 1 aromatic carbocycles. The second-order valence-corrected chi connectivity index (χ2v) is 3.24. The van der Waals surface area contributed by atoms with E-state index >= 15 is 0 Å². The molecular weight excluding hydrogens is 235 g/mol. The first-order valence-electron chi connectivity index (χ1n) is 4.54. The maximum Gasteiger partial charge on any atom is 0.415 e. The van der Waals surface area contributed by atoms with Crippen LogP contribution >= 0.6 is 11.6 Å². The second-order valence-electron chi connectivity index (χ2n) is 2.98. The zero-order valence-electron chi connectivity index (χ0n) is 8.19. The molecule has 2 aromatic rings. The van der Waals surface area contributed by atoms with Crippen LogP contribution in [0.25, 0.3) is 0 Å². The van der Waals surface area contributed by atoms with E-state index in [1.807, 2.05) is 0 Å². The largest absolute Gasteiger partial charge is 0.444 e. The van der Waals surface area contributed by atoms with Crippen molar-refractivity contribution in [1.82, 2.24) is 10.2 Å². The number of halogens is 2. The highest BCUT2D eigenvalue weighted by molar-refractivity contribution is 6.16. The summed E-state index contributed by atoms with van der Waals surface area (Å²) >= 11 is 5.47. The molecule has 0 N–H and O–H groups in total. The zero-order chi connectivity index (χ0) is 11.4. The first-order valence-corrected chi connectivity index (χ1v) is 5.07. The van der Waals surface area contributed by atoms with Gasteiger partial charge in [0.1, 0.15) is 18.3 Å². The number of aromatic nitrogens is 2. The number of ether oxygens (including phenoxy) is 1. The fraction of sp³-hybridized carbons (Fsp3) is 0.200. The van der Waals surface area contributed by atoms with Crippen molar-refractivity contribution in [1.29, 1.82) is 0 Å². The van der Waals surface area contributed by atoms with Gasteiger partial charge >= 0.3 is 6.08 Å². The summed E-state index contributed by atoms with van der Waals surface area (Å²) in [5, 5.41) is 7.19. The number of rotatable bonds is 4. The molecular formula is C10H8ClFN2O2. The van der Waals surface area contributed by atoms with Gasteiger partial charge in [-0.2, -0.15) is 0 Å². The molecule has 0 spiro atoms. The van der Waals surface area contributed by atoms with Gasteiger partial charge in [0, 0.05) is 5.56 Å². The van der Waals surface area contributed by atoms with Crippen molar-refractivity contribution in [3.05, 3.63) is 41.5 Å². The number of benzene rings is 1. The van der Waals surface area contributed by atoms with Crippen LogP contribution in [0, 0.1) is 5.82 Å². The maximum atomic E-state index is 13.2. The fourth-order valence-corrected chi connectivity index (χ4v) is 1.21. The number of nitrogens with zero attached hydrogens (tertiary/aromatic N) is 2. The van der Waals surface area contributed by atoms with Gasteiger partial charge in [0.05, 0.1) is 0 Å². The van der Waals surface area contributed by atoms with Crippen LogP contribution in [-0.4, -0.2) is 10.2 Å². The number of hydrogen-bond acceptors (Lipinski definition) is 4. The van der Waals surface area contributed by atoms with Gasteiger partial charge < -0.3 is 9.15 Å². The van der Waals surface area contributed by atoms with Crippen molar-refractivity contribution in [2.45, 2.75) is 12.5 Å².